The van der Waals surface area contributed by atoms with E-state index >= 15 is 0 Å². The molecule has 5 heteroatoms. The molecular formula is C20H22N2O3. The van der Waals surface area contributed by atoms with Gasteiger partial charge < -0.3 is 15.4 Å². The molecule has 25 heavy (non-hydrogen) atoms. The molecule has 3 rings (SSSR count). The van der Waals surface area contributed by atoms with Gasteiger partial charge in [0.2, 0.25) is 5.91 Å². The highest BCUT2D eigenvalue weighted by Crippen LogP contribution is 2.29. The average molecular weight is 338 g/mol. The molecule has 0 aliphatic heterocycles. The van der Waals surface area contributed by atoms with Gasteiger partial charge in [0.15, 0.2) is 0 Å². The third-order valence-corrected chi connectivity index (χ3v) is 4.47. The van der Waals surface area contributed by atoms with Crippen LogP contribution >= 0.6 is 0 Å². The second-order valence-electron chi connectivity index (χ2n) is 6.09. The van der Waals surface area contributed by atoms with E-state index in [0.717, 1.165) is 19.3 Å². The lowest BCUT2D eigenvalue weighted by Crippen LogP contribution is -2.39. The average Bonchev–Trinajstić information content (AvgIpc) is 2.66. The maximum Gasteiger partial charge on any atom is 0.255 e. The van der Waals surface area contributed by atoms with Crippen molar-refractivity contribution in [1.29, 1.82) is 0 Å². The van der Waals surface area contributed by atoms with Gasteiger partial charge in [0.05, 0.1) is 25.3 Å². The number of rotatable bonds is 5. The molecule has 1 aliphatic carbocycles. The lowest BCUT2D eigenvalue weighted by molar-refractivity contribution is -0.121. The van der Waals surface area contributed by atoms with Crippen LogP contribution in [0.15, 0.2) is 48.5 Å². The van der Waals surface area contributed by atoms with Gasteiger partial charge in [-0.25, -0.2) is 0 Å². The first-order valence-corrected chi connectivity index (χ1v) is 8.47. The predicted molar refractivity (Wildman–Crippen MR) is 95.6 cm³/mol. The van der Waals surface area contributed by atoms with E-state index in [4.69, 9.17) is 4.74 Å². The summed E-state index contributed by atoms with van der Waals surface area (Å²) in [7, 11) is 1.51. The smallest absolute Gasteiger partial charge is 0.255 e. The molecule has 1 aliphatic rings. The number of hydrogen-bond donors (Lipinski definition) is 2. The molecule has 0 unspecified atom stereocenters. The molecule has 5 nitrogen and oxygen atoms in total. The number of hydrogen-bond acceptors (Lipinski definition) is 3. The molecule has 0 heterocycles. The van der Waals surface area contributed by atoms with Crippen LogP contribution in [-0.2, 0) is 11.2 Å². The first-order chi connectivity index (χ1) is 12.2. The van der Waals surface area contributed by atoms with Crippen molar-refractivity contribution >= 4 is 11.8 Å². The van der Waals surface area contributed by atoms with Crippen molar-refractivity contribution in [3.63, 3.8) is 0 Å². The Morgan fingerprint density at radius 3 is 2.72 bits per heavy atom. The summed E-state index contributed by atoms with van der Waals surface area (Å²) in [5.41, 5.74) is 2.89. The third kappa shape index (κ3) is 3.99. The van der Waals surface area contributed by atoms with Crippen LogP contribution in [-0.4, -0.2) is 25.5 Å². The quantitative estimate of drug-likeness (QED) is 0.881. The molecule has 0 radical (unpaired) electrons. The summed E-state index contributed by atoms with van der Waals surface area (Å²) in [6, 6.07) is 15.1. The SMILES string of the molecule is COc1ccccc1C(=O)NCC(=O)N[C@@H]1CCCc2ccccc21. The van der Waals surface area contributed by atoms with Crippen molar-refractivity contribution in [2.75, 3.05) is 13.7 Å². The minimum Gasteiger partial charge on any atom is -0.496 e. The van der Waals surface area contributed by atoms with E-state index in [1.807, 2.05) is 12.1 Å². The van der Waals surface area contributed by atoms with Crippen LogP contribution in [0.4, 0.5) is 0 Å². The molecule has 0 aromatic heterocycles. The van der Waals surface area contributed by atoms with E-state index in [0.29, 0.717) is 11.3 Å². The van der Waals surface area contributed by atoms with Crippen LogP contribution in [0.5, 0.6) is 5.75 Å². The molecule has 130 valence electrons. The minimum absolute atomic E-state index is 0.0145. The molecule has 2 N–H and O–H groups in total. The molecule has 0 spiro atoms. The highest BCUT2D eigenvalue weighted by molar-refractivity contribution is 5.98. The minimum atomic E-state index is -0.323. The second-order valence-corrected chi connectivity index (χ2v) is 6.09. The van der Waals surface area contributed by atoms with Crippen LogP contribution in [0.25, 0.3) is 0 Å². The van der Waals surface area contributed by atoms with Crippen molar-refractivity contribution in [3.05, 3.63) is 65.2 Å². The monoisotopic (exact) mass is 338 g/mol. The largest absolute Gasteiger partial charge is 0.496 e. The Hall–Kier alpha value is -2.82. The van der Waals surface area contributed by atoms with Crippen LogP contribution < -0.4 is 15.4 Å². The molecule has 2 aromatic carbocycles. The number of amides is 2. The summed E-state index contributed by atoms with van der Waals surface area (Å²) >= 11 is 0. The van der Waals surface area contributed by atoms with E-state index in [9.17, 15) is 9.59 Å². The zero-order chi connectivity index (χ0) is 17.6. The summed E-state index contributed by atoms with van der Waals surface area (Å²) in [4.78, 5) is 24.5. The number of aryl methyl sites for hydroxylation is 1. The maximum atomic E-state index is 12.3. The van der Waals surface area contributed by atoms with E-state index in [1.54, 1.807) is 24.3 Å². The van der Waals surface area contributed by atoms with E-state index in [-0.39, 0.29) is 24.4 Å². The number of carbonyl (C=O) groups excluding carboxylic acids is 2. The van der Waals surface area contributed by atoms with Gasteiger partial charge in [-0.05, 0) is 42.5 Å². The normalized spacial score (nSPS) is 15.8. The van der Waals surface area contributed by atoms with Gasteiger partial charge in [0, 0.05) is 0 Å². The Labute approximate surface area is 147 Å². The number of benzene rings is 2. The molecule has 0 saturated heterocycles. The van der Waals surface area contributed by atoms with Crippen LogP contribution in [0.3, 0.4) is 0 Å². The number of fused-ring (bicyclic) bond motifs is 1. The summed E-state index contributed by atoms with van der Waals surface area (Å²) in [5.74, 6) is -0.0248. The van der Waals surface area contributed by atoms with Crippen molar-refractivity contribution in [3.8, 4) is 5.75 Å². The lowest BCUT2D eigenvalue weighted by atomic mass is 9.88. The van der Waals surface area contributed by atoms with Crippen molar-refractivity contribution < 1.29 is 14.3 Å². The van der Waals surface area contributed by atoms with Gasteiger partial charge >= 0.3 is 0 Å². The lowest BCUT2D eigenvalue weighted by Gasteiger charge is -2.26. The highest BCUT2D eigenvalue weighted by Gasteiger charge is 2.21. The Balaban J connectivity index is 1.58. The summed E-state index contributed by atoms with van der Waals surface area (Å²) in [6.45, 7) is -0.0600. The Morgan fingerprint density at radius 1 is 1.12 bits per heavy atom. The fraction of sp³-hybridized carbons (Fsp3) is 0.300. The first-order valence-electron chi connectivity index (χ1n) is 8.47. The van der Waals surface area contributed by atoms with Gasteiger partial charge in [0.25, 0.3) is 5.91 Å². The van der Waals surface area contributed by atoms with Crippen LogP contribution in [0, 0.1) is 0 Å². The molecule has 2 aromatic rings. The first kappa shape index (κ1) is 17.0. The maximum absolute atomic E-state index is 12.3. The number of nitrogens with one attached hydrogen (secondary N) is 2. The van der Waals surface area contributed by atoms with Crippen molar-refractivity contribution in [2.24, 2.45) is 0 Å². The number of methoxy groups -OCH3 is 1. The molecule has 1 atom stereocenters. The highest BCUT2D eigenvalue weighted by atomic mass is 16.5. The second kappa shape index (κ2) is 7.83. The fourth-order valence-electron chi connectivity index (χ4n) is 3.24. The number of para-hydroxylation sites is 1. The zero-order valence-electron chi connectivity index (χ0n) is 14.2. The van der Waals surface area contributed by atoms with E-state index in [1.165, 1.54) is 18.2 Å². The Kier molecular flexibility index (Phi) is 5.33. The Bertz CT molecular complexity index is 773. The van der Waals surface area contributed by atoms with Gasteiger partial charge in [-0.15, -0.1) is 0 Å². The van der Waals surface area contributed by atoms with Crippen LogP contribution in [0.1, 0.15) is 40.4 Å². The molecule has 2 amide bonds. The van der Waals surface area contributed by atoms with E-state index < -0.39 is 0 Å². The van der Waals surface area contributed by atoms with Crippen LogP contribution in [0.2, 0.25) is 0 Å². The number of ether oxygens (including phenoxy) is 1. The standard InChI is InChI=1S/C20H22N2O3/c1-25-18-12-5-4-10-16(18)20(24)21-13-19(23)22-17-11-6-8-14-7-2-3-9-15(14)17/h2-5,7,9-10,12,17H,6,8,11,13H2,1H3,(H,21,24)(H,22,23)/t17-/m1/s1. The summed E-state index contributed by atoms with van der Waals surface area (Å²) < 4.78 is 5.17. The fourth-order valence-corrected chi connectivity index (χ4v) is 3.24. The molecule has 0 fully saturated rings. The third-order valence-electron chi connectivity index (χ3n) is 4.47. The van der Waals surface area contributed by atoms with Gasteiger partial charge in [-0.3, -0.25) is 9.59 Å². The van der Waals surface area contributed by atoms with E-state index in [2.05, 4.69) is 22.8 Å². The van der Waals surface area contributed by atoms with Gasteiger partial charge in [-0.1, -0.05) is 36.4 Å². The van der Waals surface area contributed by atoms with Crippen molar-refractivity contribution in [1.82, 2.24) is 10.6 Å². The van der Waals surface area contributed by atoms with Crippen molar-refractivity contribution in [2.45, 2.75) is 25.3 Å². The zero-order valence-corrected chi connectivity index (χ0v) is 14.2. The van der Waals surface area contributed by atoms with Gasteiger partial charge in [-0.2, -0.15) is 0 Å². The Morgan fingerprint density at radius 2 is 1.88 bits per heavy atom. The molecule has 0 saturated carbocycles. The summed E-state index contributed by atoms with van der Waals surface area (Å²) in [6.07, 6.45) is 3.02. The topological polar surface area (TPSA) is 67.4 Å². The van der Waals surface area contributed by atoms with Gasteiger partial charge in [0.1, 0.15) is 5.75 Å². The molecule has 0 bridgehead atoms. The predicted octanol–water partition coefficient (Wildman–Crippen LogP) is 2.62. The molecular weight excluding hydrogens is 316 g/mol. The summed E-state index contributed by atoms with van der Waals surface area (Å²) in [5, 5.41) is 5.68. The number of carbonyl (C=O) groups is 2.